The molecule has 1 aromatic heterocycles. The van der Waals surface area contributed by atoms with Gasteiger partial charge in [-0.1, -0.05) is 58.4 Å². The van der Waals surface area contributed by atoms with Crippen LogP contribution in [0.2, 0.25) is 0 Å². The maximum Gasteiger partial charge on any atom is 0.205 e. The second-order valence-corrected chi connectivity index (χ2v) is 7.22. The standard InChI is InChI=1S/C21H18BrN2O.HI/c1-23-14-18-8-5-13-24(18)20(19(23)15-6-3-2-4-7-15)21(25)16-9-11-17(22)12-10-16;/h2-14,19-20H,1H3;1H/q+1;/p-1/t19-,20+;/m1./s1. The van der Waals surface area contributed by atoms with E-state index in [0.717, 1.165) is 21.3 Å². The normalized spacial score (nSPS) is 18.5. The first-order valence-electron chi connectivity index (χ1n) is 8.23. The molecule has 3 nitrogen and oxygen atoms in total. The van der Waals surface area contributed by atoms with Crippen LogP contribution in [0.1, 0.15) is 33.7 Å². The molecule has 0 saturated heterocycles. The van der Waals surface area contributed by atoms with E-state index in [2.05, 4.69) is 43.4 Å². The maximum absolute atomic E-state index is 13.4. The van der Waals surface area contributed by atoms with Crippen molar-refractivity contribution < 1.29 is 33.3 Å². The Bertz CT molecular complexity index is 948. The number of fused-ring (bicyclic) bond motifs is 1. The monoisotopic (exact) mass is 520 g/mol. The van der Waals surface area contributed by atoms with Gasteiger partial charge in [0.15, 0.2) is 18.0 Å². The second kappa shape index (κ2) is 7.88. The highest BCUT2D eigenvalue weighted by molar-refractivity contribution is 9.10. The van der Waals surface area contributed by atoms with Crippen LogP contribution in [0.5, 0.6) is 0 Å². The van der Waals surface area contributed by atoms with Gasteiger partial charge in [0.05, 0.1) is 0 Å². The van der Waals surface area contributed by atoms with Crippen molar-refractivity contribution in [2.24, 2.45) is 0 Å². The molecule has 3 aromatic rings. The number of carbonyl (C=O) groups is 1. The zero-order chi connectivity index (χ0) is 17.4. The largest absolute Gasteiger partial charge is 1.00 e. The van der Waals surface area contributed by atoms with Crippen LogP contribution in [0.4, 0.5) is 0 Å². The molecule has 0 saturated carbocycles. The highest BCUT2D eigenvalue weighted by Crippen LogP contribution is 2.35. The number of hydrogen-bond donors (Lipinski definition) is 0. The van der Waals surface area contributed by atoms with E-state index in [4.69, 9.17) is 0 Å². The molecule has 2 heterocycles. The molecule has 5 heteroatoms. The Labute approximate surface area is 178 Å². The molecule has 2 atom stereocenters. The van der Waals surface area contributed by atoms with Crippen molar-refractivity contribution in [3.63, 3.8) is 0 Å². The van der Waals surface area contributed by atoms with Crippen molar-refractivity contribution in [2.75, 3.05) is 7.05 Å². The number of rotatable bonds is 3. The molecule has 0 aliphatic carbocycles. The molecule has 132 valence electrons. The molecule has 0 fully saturated rings. The van der Waals surface area contributed by atoms with Crippen molar-refractivity contribution >= 4 is 27.9 Å². The summed E-state index contributed by atoms with van der Waals surface area (Å²) in [6.07, 6.45) is 4.10. The molecule has 26 heavy (non-hydrogen) atoms. The molecule has 1 aliphatic rings. The summed E-state index contributed by atoms with van der Waals surface area (Å²) in [6, 6.07) is 21.5. The minimum absolute atomic E-state index is 0. The summed E-state index contributed by atoms with van der Waals surface area (Å²) in [6.45, 7) is 0. The fraction of sp³-hybridized carbons (Fsp3) is 0.143. The lowest BCUT2D eigenvalue weighted by Gasteiger charge is -2.29. The first-order valence-corrected chi connectivity index (χ1v) is 9.03. The SMILES string of the molecule is C[N+]1=Cc2cccn2[C@H](C(=O)c2ccc(Br)cc2)[C@H]1c1ccccc1.[I-]. The summed E-state index contributed by atoms with van der Waals surface area (Å²) in [5.41, 5.74) is 2.91. The van der Waals surface area contributed by atoms with Crippen molar-refractivity contribution in [3.05, 3.63) is 94.2 Å². The molecule has 0 N–H and O–H groups in total. The van der Waals surface area contributed by atoms with Crippen LogP contribution in [0.15, 0.2) is 77.4 Å². The predicted octanol–water partition coefficient (Wildman–Crippen LogP) is 1.49. The van der Waals surface area contributed by atoms with Crippen LogP contribution in [-0.4, -0.2) is 28.2 Å². The quantitative estimate of drug-likeness (QED) is 0.292. The van der Waals surface area contributed by atoms with Gasteiger partial charge in [0.25, 0.3) is 0 Å². The maximum atomic E-state index is 13.4. The van der Waals surface area contributed by atoms with E-state index in [0.29, 0.717) is 0 Å². The van der Waals surface area contributed by atoms with E-state index in [1.54, 1.807) is 0 Å². The Morgan fingerprint density at radius 3 is 2.38 bits per heavy atom. The summed E-state index contributed by atoms with van der Waals surface area (Å²) in [5.74, 6) is 0.124. The minimum atomic E-state index is -0.302. The zero-order valence-electron chi connectivity index (χ0n) is 14.2. The number of nitrogens with zero attached hydrogens (tertiary/aromatic N) is 2. The number of ketones is 1. The van der Waals surface area contributed by atoms with Gasteiger partial charge in [0.2, 0.25) is 6.04 Å². The lowest BCUT2D eigenvalue weighted by atomic mass is 9.91. The third kappa shape index (κ3) is 3.42. The summed E-state index contributed by atoms with van der Waals surface area (Å²) < 4.78 is 5.20. The first kappa shape index (κ1) is 19.0. The third-order valence-electron chi connectivity index (χ3n) is 4.72. The minimum Gasteiger partial charge on any atom is -1.00 e. The molecule has 0 amide bonds. The summed E-state index contributed by atoms with van der Waals surface area (Å²) in [4.78, 5) is 13.4. The second-order valence-electron chi connectivity index (χ2n) is 6.31. The van der Waals surface area contributed by atoms with Gasteiger partial charge in [0, 0.05) is 21.8 Å². The van der Waals surface area contributed by atoms with Gasteiger partial charge in [-0.25, -0.2) is 4.58 Å². The van der Waals surface area contributed by atoms with Gasteiger partial charge in [-0.15, -0.1) is 0 Å². The molecule has 0 bridgehead atoms. The Kier molecular flexibility index (Phi) is 5.77. The highest BCUT2D eigenvalue weighted by atomic mass is 127. The van der Waals surface area contributed by atoms with Crippen molar-refractivity contribution in [1.29, 1.82) is 0 Å². The number of likely N-dealkylation sites (N-methyl/N-ethyl adjacent to an activating group) is 1. The highest BCUT2D eigenvalue weighted by Gasteiger charge is 2.41. The van der Waals surface area contributed by atoms with Crippen LogP contribution in [0.25, 0.3) is 0 Å². The van der Waals surface area contributed by atoms with Crippen molar-refractivity contribution in [3.8, 4) is 0 Å². The van der Waals surface area contributed by atoms with Gasteiger partial charge in [-0.05, 0) is 24.3 Å². The van der Waals surface area contributed by atoms with Crippen LogP contribution in [-0.2, 0) is 0 Å². The summed E-state index contributed by atoms with van der Waals surface area (Å²) >= 11 is 3.44. The average Bonchev–Trinajstić information content (AvgIpc) is 3.09. The summed E-state index contributed by atoms with van der Waals surface area (Å²) in [7, 11) is 2.04. The van der Waals surface area contributed by atoms with Gasteiger partial charge in [0.1, 0.15) is 12.7 Å². The van der Waals surface area contributed by atoms with E-state index >= 15 is 0 Å². The lowest BCUT2D eigenvalue weighted by molar-refractivity contribution is -0.547. The van der Waals surface area contributed by atoms with Gasteiger partial charge < -0.3 is 28.5 Å². The molecular formula is C21H18BrIN2O. The van der Waals surface area contributed by atoms with Crippen LogP contribution in [0, 0.1) is 0 Å². The number of carbonyl (C=O) groups excluding carboxylic acids is 1. The Hall–Kier alpha value is -1.73. The molecule has 1 aliphatic heterocycles. The van der Waals surface area contributed by atoms with Gasteiger partial charge in [-0.3, -0.25) is 4.79 Å². The van der Waals surface area contributed by atoms with E-state index in [-0.39, 0.29) is 41.8 Å². The number of Topliss-reactive ketones (excluding diaryl/α,β-unsaturated/α-hetero) is 1. The van der Waals surface area contributed by atoms with Crippen molar-refractivity contribution in [2.45, 2.75) is 12.1 Å². The molecule has 4 rings (SSSR count). The molecule has 0 spiro atoms. The van der Waals surface area contributed by atoms with Crippen molar-refractivity contribution in [1.82, 2.24) is 4.57 Å². The van der Waals surface area contributed by atoms with Gasteiger partial charge in [-0.2, -0.15) is 0 Å². The summed E-state index contributed by atoms with van der Waals surface area (Å²) in [5, 5.41) is 0. The fourth-order valence-corrected chi connectivity index (χ4v) is 3.82. The Balaban J connectivity index is 0.00000196. The predicted molar refractivity (Wildman–Crippen MR) is 102 cm³/mol. The first-order chi connectivity index (χ1) is 12.1. The van der Waals surface area contributed by atoms with Crippen LogP contribution in [0.3, 0.4) is 0 Å². The van der Waals surface area contributed by atoms with Gasteiger partial charge >= 0.3 is 0 Å². The topological polar surface area (TPSA) is 25.0 Å². The smallest absolute Gasteiger partial charge is 0.205 e. The Morgan fingerprint density at radius 1 is 1.00 bits per heavy atom. The van der Waals surface area contributed by atoms with Crippen LogP contribution >= 0.6 is 15.9 Å². The Morgan fingerprint density at radius 2 is 1.69 bits per heavy atom. The lowest BCUT2D eigenvalue weighted by Crippen LogP contribution is -3.00. The number of halogens is 2. The molecule has 0 unspecified atom stereocenters. The van der Waals surface area contributed by atoms with E-state index in [1.807, 2.05) is 67.8 Å². The van der Waals surface area contributed by atoms with Crippen LogP contribution < -0.4 is 24.0 Å². The van der Waals surface area contributed by atoms with E-state index < -0.39 is 0 Å². The molecule has 2 aromatic carbocycles. The third-order valence-corrected chi connectivity index (χ3v) is 5.25. The number of benzene rings is 2. The average molecular weight is 521 g/mol. The molecular weight excluding hydrogens is 503 g/mol. The zero-order valence-corrected chi connectivity index (χ0v) is 18.0. The number of hydrogen-bond acceptors (Lipinski definition) is 1. The fourth-order valence-electron chi connectivity index (χ4n) is 3.56. The van der Waals surface area contributed by atoms with E-state index in [1.165, 1.54) is 0 Å². The number of aromatic nitrogens is 1. The molecule has 0 radical (unpaired) electrons. The van der Waals surface area contributed by atoms with E-state index in [9.17, 15) is 4.79 Å².